The lowest BCUT2D eigenvalue weighted by Crippen LogP contribution is -2.31. The monoisotopic (exact) mass is 325 g/mol. The summed E-state index contributed by atoms with van der Waals surface area (Å²) >= 11 is 0. The van der Waals surface area contributed by atoms with E-state index in [1.54, 1.807) is 24.1 Å². The Morgan fingerprint density at radius 2 is 1.92 bits per heavy atom. The predicted molar refractivity (Wildman–Crippen MR) is 91.1 cm³/mol. The van der Waals surface area contributed by atoms with E-state index < -0.39 is 0 Å². The number of nitrogens with zero attached hydrogens (tertiary/aromatic N) is 6. The number of rotatable bonds is 4. The summed E-state index contributed by atoms with van der Waals surface area (Å²) < 4.78 is 1.33. The van der Waals surface area contributed by atoms with Gasteiger partial charge in [0, 0.05) is 12.7 Å². The molecule has 8 nitrogen and oxygen atoms in total. The minimum atomic E-state index is -0.105. The molecule has 0 aliphatic heterocycles. The maximum Gasteiger partial charge on any atom is 0.243 e. The Balaban J connectivity index is 1.72. The van der Waals surface area contributed by atoms with Crippen molar-refractivity contribution in [2.24, 2.45) is 0 Å². The van der Waals surface area contributed by atoms with Crippen molar-refractivity contribution >= 4 is 23.1 Å². The van der Waals surface area contributed by atoms with Gasteiger partial charge in [-0.15, -0.1) is 14.8 Å². The Bertz CT molecular complexity index is 879. The van der Waals surface area contributed by atoms with Crippen molar-refractivity contribution in [3.63, 3.8) is 0 Å². The Morgan fingerprint density at radius 1 is 1.21 bits per heavy atom. The molecular formula is C16H19N7O. The third kappa shape index (κ3) is 3.17. The number of hydrogen-bond donors (Lipinski definition) is 1. The van der Waals surface area contributed by atoms with Crippen LogP contribution in [0, 0.1) is 20.8 Å². The van der Waals surface area contributed by atoms with Crippen molar-refractivity contribution in [1.82, 2.24) is 25.3 Å². The highest BCUT2D eigenvalue weighted by Gasteiger charge is 2.13. The smallest absolute Gasteiger partial charge is 0.243 e. The number of aromatic nitrogens is 5. The van der Waals surface area contributed by atoms with E-state index in [-0.39, 0.29) is 12.5 Å². The molecule has 3 aromatic rings. The second-order valence-electron chi connectivity index (χ2n) is 5.90. The molecule has 1 amide bonds. The molecular weight excluding hydrogens is 306 g/mol. The molecule has 0 radical (unpaired) electrons. The lowest BCUT2D eigenvalue weighted by atomic mass is 10.1. The van der Waals surface area contributed by atoms with Gasteiger partial charge in [0.2, 0.25) is 5.91 Å². The van der Waals surface area contributed by atoms with E-state index in [2.05, 4.69) is 38.1 Å². The Labute approximate surface area is 139 Å². The molecule has 8 heteroatoms. The topological polar surface area (TPSA) is 88.3 Å². The van der Waals surface area contributed by atoms with Crippen molar-refractivity contribution in [3.05, 3.63) is 41.0 Å². The number of tetrazole rings is 1. The largest absolute Gasteiger partial charge is 0.349 e. The number of fused-ring (bicyclic) bond motifs is 1. The summed E-state index contributed by atoms with van der Waals surface area (Å²) in [5.41, 5.74) is 4.71. The van der Waals surface area contributed by atoms with E-state index in [4.69, 9.17) is 0 Å². The van der Waals surface area contributed by atoms with Gasteiger partial charge in [-0.2, -0.15) is 0 Å². The number of nitrogens with one attached hydrogen (secondary N) is 1. The highest BCUT2D eigenvalue weighted by atomic mass is 16.2. The SMILES string of the molecule is Cc1cc(C)c(NC(=O)CN(C)c2ccc3nnnn3n2)c(C)c1. The van der Waals surface area contributed by atoms with Gasteiger partial charge in [0.05, 0.1) is 6.54 Å². The van der Waals surface area contributed by atoms with E-state index >= 15 is 0 Å². The number of aryl methyl sites for hydroxylation is 3. The zero-order valence-electron chi connectivity index (χ0n) is 14.1. The minimum absolute atomic E-state index is 0.105. The van der Waals surface area contributed by atoms with E-state index in [0.29, 0.717) is 11.5 Å². The Kier molecular flexibility index (Phi) is 4.11. The van der Waals surface area contributed by atoms with E-state index in [0.717, 1.165) is 16.8 Å². The summed E-state index contributed by atoms with van der Waals surface area (Å²) in [5, 5.41) is 18.4. The molecule has 0 fully saturated rings. The minimum Gasteiger partial charge on any atom is -0.349 e. The standard InChI is InChI=1S/C16H19N7O/c1-10-7-11(2)16(12(3)8-10)17-15(24)9-22(4)14-6-5-13-18-20-21-23(13)19-14/h5-8H,9H2,1-4H3,(H,17,24). The lowest BCUT2D eigenvalue weighted by molar-refractivity contribution is -0.114. The predicted octanol–water partition coefficient (Wildman–Crippen LogP) is 1.52. The third-order valence-electron chi connectivity index (χ3n) is 3.77. The number of likely N-dealkylation sites (N-methyl/N-ethyl adjacent to an activating group) is 1. The second kappa shape index (κ2) is 6.23. The molecule has 0 saturated heterocycles. The van der Waals surface area contributed by atoms with Gasteiger partial charge in [-0.1, -0.05) is 17.7 Å². The Morgan fingerprint density at radius 3 is 2.62 bits per heavy atom. The molecule has 0 unspecified atom stereocenters. The van der Waals surface area contributed by atoms with Gasteiger partial charge in [0.15, 0.2) is 11.5 Å². The highest BCUT2D eigenvalue weighted by molar-refractivity contribution is 5.95. The van der Waals surface area contributed by atoms with Gasteiger partial charge < -0.3 is 10.2 Å². The van der Waals surface area contributed by atoms with E-state index in [9.17, 15) is 4.79 Å². The number of hydrogen-bond acceptors (Lipinski definition) is 6. The first kappa shape index (κ1) is 15.9. The van der Waals surface area contributed by atoms with Crippen LogP contribution in [0.25, 0.3) is 5.65 Å². The van der Waals surface area contributed by atoms with Crippen LogP contribution in [0.2, 0.25) is 0 Å². The van der Waals surface area contributed by atoms with Crippen LogP contribution in [0.1, 0.15) is 16.7 Å². The van der Waals surface area contributed by atoms with Crippen LogP contribution in [0.4, 0.5) is 11.5 Å². The Hall–Kier alpha value is -3.03. The van der Waals surface area contributed by atoms with E-state index in [1.807, 2.05) is 20.8 Å². The van der Waals surface area contributed by atoms with Gasteiger partial charge in [-0.05, 0) is 54.5 Å². The molecule has 124 valence electrons. The average molecular weight is 325 g/mol. The molecule has 1 aromatic carbocycles. The van der Waals surface area contributed by atoms with Crippen molar-refractivity contribution in [1.29, 1.82) is 0 Å². The van der Waals surface area contributed by atoms with E-state index in [1.165, 1.54) is 10.2 Å². The average Bonchev–Trinajstić information content (AvgIpc) is 2.98. The van der Waals surface area contributed by atoms with Gasteiger partial charge in [0.25, 0.3) is 0 Å². The molecule has 0 bridgehead atoms. The highest BCUT2D eigenvalue weighted by Crippen LogP contribution is 2.22. The zero-order valence-corrected chi connectivity index (χ0v) is 14.1. The van der Waals surface area contributed by atoms with Gasteiger partial charge >= 0.3 is 0 Å². The van der Waals surface area contributed by atoms with Crippen LogP contribution < -0.4 is 10.2 Å². The summed E-state index contributed by atoms with van der Waals surface area (Å²) in [6.07, 6.45) is 0. The molecule has 24 heavy (non-hydrogen) atoms. The fraction of sp³-hybridized carbons (Fsp3) is 0.312. The first-order valence-electron chi connectivity index (χ1n) is 7.58. The second-order valence-corrected chi connectivity index (χ2v) is 5.90. The molecule has 2 aromatic heterocycles. The van der Waals surface area contributed by atoms with Crippen LogP contribution in [-0.2, 0) is 4.79 Å². The molecule has 0 saturated carbocycles. The first-order valence-corrected chi connectivity index (χ1v) is 7.58. The molecule has 2 heterocycles. The molecule has 0 aliphatic carbocycles. The third-order valence-corrected chi connectivity index (χ3v) is 3.77. The number of carbonyl (C=O) groups excluding carboxylic acids is 1. The summed E-state index contributed by atoms with van der Waals surface area (Å²) in [5.74, 6) is 0.508. The number of benzene rings is 1. The summed E-state index contributed by atoms with van der Waals surface area (Å²) in [7, 11) is 1.80. The van der Waals surface area contributed by atoms with Gasteiger partial charge in [-0.25, -0.2) is 0 Å². The van der Waals surface area contributed by atoms with Crippen LogP contribution in [0.3, 0.4) is 0 Å². The zero-order chi connectivity index (χ0) is 17.3. The summed E-state index contributed by atoms with van der Waals surface area (Å²) in [6.45, 7) is 6.20. The normalized spacial score (nSPS) is 10.8. The summed E-state index contributed by atoms with van der Waals surface area (Å²) in [4.78, 5) is 14.1. The van der Waals surface area contributed by atoms with Crippen LogP contribution >= 0.6 is 0 Å². The fourth-order valence-corrected chi connectivity index (χ4v) is 2.70. The first-order chi connectivity index (χ1) is 11.4. The van der Waals surface area contributed by atoms with Crippen molar-refractivity contribution in [2.75, 3.05) is 23.8 Å². The van der Waals surface area contributed by atoms with Gasteiger partial charge in [0.1, 0.15) is 0 Å². The number of amides is 1. The molecule has 1 N–H and O–H groups in total. The number of carbonyl (C=O) groups is 1. The molecule has 0 atom stereocenters. The van der Waals surface area contributed by atoms with Crippen LogP contribution in [0.15, 0.2) is 24.3 Å². The fourth-order valence-electron chi connectivity index (χ4n) is 2.70. The summed E-state index contributed by atoms with van der Waals surface area (Å²) in [6, 6.07) is 7.64. The van der Waals surface area contributed by atoms with Crippen LogP contribution in [0.5, 0.6) is 0 Å². The quantitative estimate of drug-likeness (QED) is 0.782. The van der Waals surface area contributed by atoms with Crippen molar-refractivity contribution in [2.45, 2.75) is 20.8 Å². The van der Waals surface area contributed by atoms with Crippen molar-refractivity contribution < 1.29 is 4.79 Å². The molecule has 0 aliphatic rings. The maximum atomic E-state index is 12.4. The van der Waals surface area contributed by atoms with Crippen molar-refractivity contribution in [3.8, 4) is 0 Å². The van der Waals surface area contributed by atoms with Crippen LogP contribution in [-0.4, -0.2) is 44.8 Å². The number of anilines is 2. The molecule has 0 spiro atoms. The van der Waals surface area contributed by atoms with Gasteiger partial charge in [-0.3, -0.25) is 4.79 Å². The molecule has 3 rings (SSSR count). The maximum absolute atomic E-state index is 12.4. The lowest BCUT2D eigenvalue weighted by Gasteiger charge is -2.18.